The zero-order chi connectivity index (χ0) is 20.4. The van der Waals surface area contributed by atoms with Crippen LogP contribution in [0.5, 0.6) is 5.88 Å². The molecule has 1 aromatic carbocycles. The number of hydrogen-bond donors (Lipinski definition) is 0. The molecule has 8 nitrogen and oxygen atoms in total. The Balaban J connectivity index is 1.35. The molecule has 2 aromatic rings. The van der Waals surface area contributed by atoms with Gasteiger partial charge in [-0.2, -0.15) is 4.31 Å². The lowest BCUT2D eigenvalue weighted by molar-refractivity contribution is -0.147. The van der Waals surface area contributed by atoms with Gasteiger partial charge in [-0.05, 0) is 25.0 Å². The minimum atomic E-state index is -3.58. The number of carbonyl (C=O) groups excluding carboxylic acids is 2. The number of sulfonamides is 1. The number of nitrogens with zero attached hydrogens (tertiary/aromatic N) is 3. The average molecular weight is 417 g/mol. The standard InChI is InChI=1S/C20H23N3O5S/c24-19-6-3-7-20(25)23(19)12-13-29(26,27)22-11-10-16(14-22)28-18-9-8-15-4-1-2-5-17(15)21-18/h1-2,4-5,8-9,16H,3,6-7,10-14H2. The number of benzene rings is 1. The summed E-state index contributed by atoms with van der Waals surface area (Å²) in [5.74, 6) is -0.369. The van der Waals surface area contributed by atoms with Gasteiger partial charge in [-0.1, -0.05) is 18.2 Å². The van der Waals surface area contributed by atoms with Crippen LogP contribution in [0.1, 0.15) is 25.7 Å². The molecule has 4 rings (SSSR count). The fourth-order valence-electron chi connectivity index (χ4n) is 3.72. The summed E-state index contributed by atoms with van der Waals surface area (Å²) in [5, 5.41) is 1.01. The van der Waals surface area contributed by atoms with Crippen molar-refractivity contribution in [3.05, 3.63) is 36.4 Å². The first-order valence-corrected chi connectivity index (χ1v) is 11.4. The highest BCUT2D eigenvalue weighted by molar-refractivity contribution is 7.89. The Labute approximate surface area is 169 Å². The van der Waals surface area contributed by atoms with Gasteiger partial charge in [0.2, 0.25) is 27.7 Å². The summed E-state index contributed by atoms with van der Waals surface area (Å²) in [7, 11) is -3.58. The van der Waals surface area contributed by atoms with E-state index in [1.807, 2.05) is 30.3 Å². The molecule has 0 N–H and O–H groups in total. The van der Waals surface area contributed by atoms with E-state index >= 15 is 0 Å². The van der Waals surface area contributed by atoms with E-state index in [0.717, 1.165) is 15.8 Å². The van der Waals surface area contributed by atoms with Crippen LogP contribution in [0.4, 0.5) is 0 Å². The van der Waals surface area contributed by atoms with Gasteiger partial charge < -0.3 is 4.74 Å². The van der Waals surface area contributed by atoms with Crippen LogP contribution in [0.2, 0.25) is 0 Å². The number of rotatable bonds is 6. The number of ether oxygens (including phenoxy) is 1. The average Bonchev–Trinajstić information content (AvgIpc) is 3.17. The Bertz CT molecular complexity index is 1020. The third-order valence-electron chi connectivity index (χ3n) is 5.32. The molecule has 154 valence electrons. The van der Waals surface area contributed by atoms with E-state index < -0.39 is 10.0 Å². The van der Waals surface area contributed by atoms with Gasteiger partial charge in [-0.3, -0.25) is 14.5 Å². The molecule has 9 heteroatoms. The Morgan fingerprint density at radius 3 is 2.62 bits per heavy atom. The van der Waals surface area contributed by atoms with E-state index in [-0.39, 0.29) is 36.8 Å². The van der Waals surface area contributed by atoms with E-state index in [0.29, 0.717) is 38.1 Å². The molecule has 2 fully saturated rings. The van der Waals surface area contributed by atoms with Gasteiger partial charge in [0.05, 0.1) is 17.8 Å². The van der Waals surface area contributed by atoms with Gasteiger partial charge >= 0.3 is 0 Å². The summed E-state index contributed by atoms with van der Waals surface area (Å²) in [5.41, 5.74) is 0.823. The molecule has 0 aliphatic carbocycles. The highest BCUT2D eigenvalue weighted by Gasteiger charge is 2.34. The quantitative estimate of drug-likeness (QED) is 0.662. The van der Waals surface area contributed by atoms with Crippen molar-refractivity contribution in [2.75, 3.05) is 25.4 Å². The number of hydrogen-bond acceptors (Lipinski definition) is 6. The van der Waals surface area contributed by atoms with Crippen molar-refractivity contribution in [3.8, 4) is 5.88 Å². The molecule has 0 spiro atoms. The second-order valence-corrected chi connectivity index (χ2v) is 9.43. The predicted octanol–water partition coefficient (Wildman–Crippen LogP) is 1.56. The van der Waals surface area contributed by atoms with Crippen LogP contribution in [-0.2, 0) is 19.6 Å². The van der Waals surface area contributed by atoms with Crippen molar-refractivity contribution >= 4 is 32.7 Å². The molecule has 0 bridgehead atoms. The smallest absolute Gasteiger partial charge is 0.229 e. The zero-order valence-corrected chi connectivity index (χ0v) is 16.8. The molecular weight excluding hydrogens is 394 g/mol. The highest BCUT2D eigenvalue weighted by Crippen LogP contribution is 2.22. The lowest BCUT2D eigenvalue weighted by Gasteiger charge is -2.25. The fraction of sp³-hybridized carbons (Fsp3) is 0.450. The molecule has 3 heterocycles. The van der Waals surface area contributed by atoms with Gasteiger partial charge in [0.15, 0.2) is 0 Å². The molecule has 2 saturated heterocycles. The van der Waals surface area contributed by atoms with Gasteiger partial charge in [0.25, 0.3) is 0 Å². The summed E-state index contributed by atoms with van der Waals surface area (Å²) in [4.78, 5) is 29.3. The van der Waals surface area contributed by atoms with E-state index in [4.69, 9.17) is 4.74 Å². The molecule has 2 amide bonds. The van der Waals surface area contributed by atoms with E-state index in [9.17, 15) is 18.0 Å². The Hall–Kier alpha value is -2.52. The number of amides is 2. The maximum atomic E-state index is 12.7. The molecule has 0 saturated carbocycles. The van der Waals surface area contributed by atoms with Gasteiger partial charge in [-0.15, -0.1) is 0 Å². The van der Waals surface area contributed by atoms with Crippen LogP contribution in [0.15, 0.2) is 36.4 Å². The van der Waals surface area contributed by atoms with Crippen molar-refractivity contribution < 1.29 is 22.7 Å². The number of aromatic nitrogens is 1. The Kier molecular flexibility index (Phi) is 5.51. The fourth-order valence-corrected chi connectivity index (χ4v) is 5.16. The first-order valence-electron chi connectivity index (χ1n) is 9.76. The third kappa shape index (κ3) is 4.40. The topological polar surface area (TPSA) is 96.9 Å². The molecule has 1 atom stereocenters. The summed E-state index contributed by atoms with van der Waals surface area (Å²) >= 11 is 0. The van der Waals surface area contributed by atoms with Crippen LogP contribution < -0.4 is 4.74 Å². The molecule has 2 aliphatic heterocycles. The summed E-state index contributed by atoms with van der Waals surface area (Å²) < 4.78 is 32.6. The number of pyridine rings is 1. The number of piperidine rings is 1. The number of para-hydroxylation sites is 1. The van der Waals surface area contributed by atoms with Crippen LogP contribution in [0, 0.1) is 0 Å². The normalized spacial score (nSPS) is 21.1. The number of fused-ring (bicyclic) bond motifs is 1. The lowest BCUT2D eigenvalue weighted by Crippen LogP contribution is -2.44. The largest absolute Gasteiger partial charge is 0.473 e. The predicted molar refractivity (Wildman–Crippen MR) is 107 cm³/mol. The SMILES string of the molecule is O=C1CCCC(=O)N1CCS(=O)(=O)N1CCC(Oc2ccc3ccccc3n2)C1. The Morgan fingerprint density at radius 1 is 1.07 bits per heavy atom. The van der Waals surface area contributed by atoms with Gasteiger partial charge in [0, 0.05) is 37.4 Å². The van der Waals surface area contributed by atoms with E-state index in [2.05, 4.69) is 4.98 Å². The van der Waals surface area contributed by atoms with Crippen LogP contribution in [-0.4, -0.2) is 65.9 Å². The first-order chi connectivity index (χ1) is 13.9. The van der Waals surface area contributed by atoms with E-state index in [1.165, 1.54) is 4.31 Å². The second kappa shape index (κ2) is 8.08. The minimum absolute atomic E-state index is 0.0890. The first kappa shape index (κ1) is 19.8. The summed E-state index contributed by atoms with van der Waals surface area (Å²) in [6.07, 6.45) is 1.41. The molecule has 1 aromatic heterocycles. The number of likely N-dealkylation sites (tertiary alicyclic amines) is 1. The van der Waals surface area contributed by atoms with Crippen LogP contribution in [0.3, 0.4) is 0 Å². The second-order valence-electron chi connectivity index (χ2n) is 7.34. The van der Waals surface area contributed by atoms with Crippen molar-refractivity contribution in [1.82, 2.24) is 14.2 Å². The summed E-state index contributed by atoms with van der Waals surface area (Å²) in [6, 6.07) is 11.4. The molecule has 29 heavy (non-hydrogen) atoms. The summed E-state index contributed by atoms with van der Waals surface area (Å²) in [6.45, 7) is 0.495. The lowest BCUT2D eigenvalue weighted by atomic mass is 10.1. The minimum Gasteiger partial charge on any atom is -0.473 e. The zero-order valence-electron chi connectivity index (χ0n) is 16.0. The maximum absolute atomic E-state index is 12.7. The monoisotopic (exact) mass is 417 g/mol. The number of carbonyl (C=O) groups is 2. The van der Waals surface area contributed by atoms with Crippen molar-refractivity contribution in [2.24, 2.45) is 0 Å². The molecule has 0 radical (unpaired) electrons. The van der Waals surface area contributed by atoms with Gasteiger partial charge in [0.1, 0.15) is 6.10 Å². The maximum Gasteiger partial charge on any atom is 0.229 e. The molecule has 2 aliphatic rings. The van der Waals surface area contributed by atoms with Gasteiger partial charge in [-0.25, -0.2) is 13.4 Å². The van der Waals surface area contributed by atoms with Crippen LogP contribution >= 0.6 is 0 Å². The van der Waals surface area contributed by atoms with Crippen molar-refractivity contribution in [3.63, 3.8) is 0 Å². The highest BCUT2D eigenvalue weighted by atomic mass is 32.2. The van der Waals surface area contributed by atoms with Crippen molar-refractivity contribution in [2.45, 2.75) is 31.8 Å². The van der Waals surface area contributed by atoms with E-state index in [1.54, 1.807) is 6.07 Å². The third-order valence-corrected chi connectivity index (χ3v) is 7.13. The molecular formula is C20H23N3O5S. The van der Waals surface area contributed by atoms with Crippen molar-refractivity contribution in [1.29, 1.82) is 0 Å². The Morgan fingerprint density at radius 2 is 1.83 bits per heavy atom. The van der Waals surface area contributed by atoms with Crippen LogP contribution in [0.25, 0.3) is 10.9 Å². The number of imide groups is 1. The molecule has 1 unspecified atom stereocenters.